The van der Waals surface area contributed by atoms with Crippen molar-refractivity contribution in [3.8, 4) is 0 Å². The molecule has 1 aromatic carbocycles. The van der Waals surface area contributed by atoms with Crippen molar-refractivity contribution < 1.29 is 9.53 Å². The Labute approximate surface area is 92.1 Å². The molecule has 82 valence electrons. The van der Waals surface area contributed by atoms with Crippen LogP contribution in [0, 0.1) is 0 Å². The van der Waals surface area contributed by atoms with Gasteiger partial charge in [0.05, 0.1) is 6.61 Å². The minimum Gasteiger partial charge on any atom is -0.370 e. The molecule has 16 heavy (non-hydrogen) atoms. The molecular formula is C10H10N4O2. The molecule has 0 spiro atoms. The van der Waals surface area contributed by atoms with Gasteiger partial charge in [0.15, 0.2) is 0 Å². The number of morpholine rings is 1. The second kappa shape index (κ2) is 4.65. The lowest BCUT2D eigenvalue weighted by atomic mass is 10.2. The number of hydrogen-bond donors (Lipinski definition) is 0. The first kappa shape index (κ1) is 10.5. The van der Waals surface area contributed by atoms with Crippen LogP contribution in [0.15, 0.2) is 29.4 Å². The average molecular weight is 218 g/mol. The highest BCUT2D eigenvalue weighted by Crippen LogP contribution is 2.21. The molecule has 1 fully saturated rings. The summed E-state index contributed by atoms with van der Waals surface area (Å²) in [5.74, 6) is -0.0530. The summed E-state index contributed by atoms with van der Waals surface area (Å²) in [6.07, 6.45) is 0. The van der Waals surface area contributed by atoms with E-state index in [2.05, 4.69) is 10.0 Å². The molecule has 0 radical (unpaired) electrons. The fourth-order valence-corrected chi connectivity index (χ4v) is 1.54. The number of nitrogens with zero attached hydrogens (tertiary/aromatic N) is 4. The number of carbonyl (C=O) groups is 1. The molecule has 6 heteroatoms. The fourth-order valence-electron chi connectivity index (χ4n) is 1.54. The summed E-state index contributed by atoms with van der Waals surface area (Å²) in [7, 11) is 0. The van der Waals surface area contributed by atoms with E-state index in [4.69, 9.17) is 10.3 Å². The number of carbonyl (C=O) groups excluding carboxylic acids is 1. The van der Waals surface area contributed by atoms with Crippen LogP contribution >= 0.6 is 0 Å². The number of ether oxygens (including phenoxy) is 1. The Morgan fingerprint density at radius 2 is 2.12 bits per heavy atom. The molecule has 0 unspecified atom stereocenters. The standard InChI is InChI=1S/C10H10N4O2/c11-13-12-8-1-3-9(4-2-8)14-5-6-16-7-10(14)15/h1-4H,5-7H2. The van der Waals surface area contributed by atoms with Crippen molar-refractivity contribution in [3.63, 3.8) is 0 Å². The maximum Gasteiger partial charge on any atom is 0.253 e. The van der Waals surface area contributed by atoms with Crippen molar-refractivity contribution in [2.75, 3.05) is 24.7 Å². The lowest BCUT2D eigenvalue weighted by Crippen LogP contribution is -2.41. The van der Waals surface area contributed by atoms with Gasteiger partial charge in [-0.2, -0.15) is 0 Å². The normalized spacial score (nSPS) is 15.8. The maximum atomic E-state index is 11.5. The number of anilines is 1. The van der Waals surface area contributed by atoms with Gasteiger partial charge in [0, 0.05) is 22.8 Å². The molecular weight excluding hydrogens is 208 g/mol. The first-order valence-corrected chi connectivity index (χ1v) is 4.84. The Morgan fingerprint density at radius 1 is 1.38 bits per heavy atom. The number of rotatable bonds is 2. The van der Waals surface area contributed by atoms with Crippen LogP contribution in [0.3, 0.4) is 0 Å². The van der Waals surface area contributed by atoms with Crippen LogP contribution < -0.4 is 4.90 Å². The van der Waals surface area contributed by atoms with E-state index in [1.165, 1.54) is 0 Å². The van der Waals surface area contributed by atoms with Crippen molar-refractivity contribution in [2.45, 2.75) is 0 Å². The average Bonchev–Trinajstić information content (AvgIpc) is 2.31. The van der Waals surface area contributed by atoms with Gasteiger partial charge in [0.25, 0.3) is 5.91 Å². The molecule has 0 aromatic heterocycles. The quantitative estimate of drug-likeness (QED) is 0.432. The van der Waals surface area contributed by atoms with Gasteiger partial charge < -0.3 is 9.64 Å². The Morgan fingerprint density at radius 3 is 2.75 bits per heavy atom. The summed E-state index contributed by atoms with van der Waals surface area (Å²) in [5.41, 5.74) is 9.59. The molecule has 0 saturated carbocycles. The Hall–Kier alpha value is -2.04. The van der Waals surface area contributed by atoms with Crippen LogP contribution in [0.2, 0.25) is 0 Å². The number of hydrogen-bond acceptors (Lipinski definition) is 3. The van der Waals surface area contributed by atoms with Gasteiger partial charge in [-0.25, -0.2) is 0 Å². The first-order valence-electron chi connectivity index (χ1n) is 4.84. The third kappa shape index (κ3) is 2.13. The van der Waals surface area contributed by atoms with Crippen LogP contribution in [-0.2, 0) is 9.53 Å². The minimum atomic E-state index is -0.0530. The van der Waals surface area contributed by atoms with Crippen LogP contribution in [0.25, 0.3) is 10.4 Å². The molecule has 1 aliphatic heterocycles. The van der Waals surface area contributed by atoms with Crippen LogP contribution in [0.4, 0.5) is 11.4 Å². The third-order valence-corrected chi connectivity index (χ3v) is 2.31. The molecule has 6 nitrogen and oxygen atoms in total. The second-order valence-electron chi connectivity index (χ2n) is 3.30. The minimum absolute atomic E-state index is 0.0530. The Bertz CT molecular complexity index is 437. The smallest absolute Gasteiger partial charge is 0.253 e. The molecule has 1 saturated heterocycles. The number of amides is 1. The zero-order valence-corrected chi connectivity index (χ0v) is 8.54. The van der Waals surface area contributed by atoms with E-state index in [0.29, 0.717) is 18.8 Å². The molecule has 1 aliphatic rings. The van der Waals surface area contributed by atoms with Crippen LogP contribution in [0.1, 0.15) is 0 Å². The van der Waals surface area contributed by atoms with Gasteiger partial charge in [0.2, 0.25) is 0 Å². The van der Waals surface area contributed by atoms with E-state index in [9.17, 15) is 4.79 Å². The van der Waals surface area contributed by atoms with E-state index in [1.807, 2.05) is 0 Å². The molecule has 1 aromatic rings. The fraction of sp³-hybridized carbons (Fsp3) is 0.300. The highest BCUT2D eigenvalue weighted by Gasteiger charge is 2.19. The highest BCUT2D eigenvalue weighted by molar-refractivity contribution is 5.94. The van der Waals surface area contributed by atoms with Crippen molar-refractivity contribution >= 4 is 17.3 Å². The molecule has 0 aliphatic carbocycles. The monoisotopic (exact) mass is 218 g/mol. The van der Waals surface area contributed by atoms with Gasteiger partial charge in [-0.05, 0) is 17.7 Å². The highest BCUT2D eigenvalue weighted by atomic mass is 16.5. The first-order chi connectivity index (χ1) is 7.81. The summed E-state index contributed by atoms with van der Waals surface area (Å²) >= 11 is 0. The summed E-state index contributed by atoms with van der Waals surface area (Å²) in [6.45, 7) is 1.22. The van der Waals surface area contributed by atoms with Gasteiger partial charge in [0.1, 0.15) is 6.61 Å². The molecule has 1 amide bonds. The van der Waals surface area contributed by atoms with E-state index in [1.54, 1.807) is 29.2 Å². The molecule has 0 bridgehead atoms. The van der Waals surface area contributed by atoms with Crippen LogP contribution in [0.5, 0.6) is 0 Å². The summed E-state index contributed by atoms with van der Waals surface area (Å²) in [5, 5.41) is 3.46. The summed E-state index contributed by atoms with van der Waals surface area (Å²) in [4.78, 5) is 15.9. The zero-order chi connectivity index (χ0) is 11.4. The SMILES string of the molecule is [N-]=[N+]=Nc1ccc(N2CCOCC2=O)cc1. The van der Waals surface area contributed by atoms with Gasteiger partial charge in [-0.15, -0.1) is 0 Å². The Balaban J connectivity index is 2.20. The van der Waals surface area contributed by atoms with E-state index in [-0.39, 0.29) is 12.5 Å². The molecule has 1 heterocycles. The third-order valence-electron chi connectivity index (χ3n) is 2.31. The predicted molar refractivity (Wildman–Crippen MR) is 58.4 cm³/mol. The van der Waals surface area contributed by atoms with Crippen molar-refractivity contribution in [1.29, 1.82) is 0 Å². The molecule has 0 atom stereocenters. The topological polar surface area (TPSA) is 78.3 Å². The predicted octanol–water partition coefficient (Wildman–Crippen LogP) is 1.99. The van der Waals surface area contributed by atoms with Crippen molar-refractivity contribution in [3.05, 3.63) is 34.7 Å². The van der Waals surface area contributed by atoms with Crippen molar-refractivity contribution in [1.82, 2.24) is 0 Å². The van der Waals surface area contributed by atoms with Gasteiger partial charge >= 0.3 is 0 Å². The largest absolute Gasteiger partial charge is 0.370 e. The second-order valence-corrected chi connectivity index (χ2v) is 3.30. The molecule has 0 N–H and O–H groups in total. The maximum absolute atomic E-state index is 11.5. The van der Waals surface area contributed by atoms with E-state index >= 15 is 0 Å². The number of benzene rings is 1. The van der Waals surface area contributed by atoms with E-state index in [0.717, 1.165) is 5.69 Å². The number of azide groups is 1. The summed E-state index contributed by atoms with van der Waals surface area (Å²) in [6, 6.07) is 6.87. The Kier molecular flexibility index (Phi) is 3.05. The lowest BCUT2D eigenvalue weighted by molar-refractivity contribution is -0.125. The molecule has 2 rings (SSSR count). The van der Waals surface area contributed by atoms with Gasteiger partial charge in [-0.1, -0.05) is 17.2 Å². The van der Waals surface area contributed by atoms with Gasteiger partial charge in [-0.3, -0.25) is 4.79 Å². The summed E-state index contributed by atoms with van der Waals surface area (Å²) < 4.78 is 5.04. The lowest BCUT2D eigenvalue weighted by Gasteiger charge is -2.26. The van der Waals surface area contributed by atoms with E-state index < -0.39 is 0 Å². The van der Waals surface area contributed by atoms with Crippen molar-refractivity contribution in [2.24, 2.45) is 5.11 Å². The zero-order valence-electron chi connectivity index (χ0n) is 8.54. The van der Waals surface area contributed by atoms with Crippen LogP contribution in [-0.4, -0.2) is 25.7 Å².